The number of benzene rings is 1. The van der Waals surface area contributed by atoms with E-state index in [1.807, 2.05) is 5.83 Å². The largest absolute Gasteiger partial charge is 0.0966 e. The number of alkyl halides is 1. The molecule has 1 heteroatoms. The van der Waals surface area contributed by atoms with Crippen molar-refractivity contribution in [1.82, 2.24) is 0 Å². The Kier molecular flexibility index (Phi) is 3.80. The minimum absolute atomic E-state index is 0.876. The van der Waals surface area contributed by atoms with Crippen molar-refractivity contribution < 1.29 is 0 Å². The lowest BCUT2D eigenvalue weighted by Crippen LogP contribution is -1.77. The van der Waals surface area contributed by atoms with Crippen molar-refractivity contribution in [2.75, 3.05) is 5.83 Å². The molecule has 0 heterocycles. The van der Waals surface area contributed by atoms with E-state index in [0.717, 1.165) is 11.8 Å². The molecule has 1 aliphatic carbocycles. The Morgan fingerprint density at radius 3 is 2.08 bits per heavy atom. The van der Waals surface area contributed by atoms with Crippen molar-refractivity contribution in [3.63, 3.8) is 0 Å². The van der Waals surface area contributed by atoms with Gasteiger partial charge in [0.25, 0.3) is 0 Å². The molecule has 0 spiro atoms. The molecule has 0 saturated heterocycles. The Bertz CT molecular complexity index is 218. The average Bonchev–Trinajstić information content (AvgIpc) is 2.88. The molecule has 0 amide bonds. The Morgan fingerprint density at radius 2 is 1.67 bits per heavy atom. The normalized spacial score (nSPS) is 25.6. The molecule has 1 aromatic rings. The highest BCUT2D eigenvalue weighted by molar-refractivity contribution is 9.08. The van der Waals surface area contributed by atoms with Crippen LogP contribution in [0, 0.1) is 5.92 Å². The van der Waals surface area contributed by atoms with Crippen molar-refractivity contribution in [1.29, 1.82) is 0 Å². The molecule has 0 bridgehead atoms. The zero-order chi connectivity index (χ0) is 8.97. The number of hydrogen-bond donors (Lipinski definition) is 0. The third-order valence-corrected chi connectivity index (χ3v) is 2.34. The highest BCUT2D eigenvalue weighted by atomic mass is 79.9. The van der Waals surface area contributed by atoms with Crippen LogP contribution in [0.2, 0.25) is 0 Å². The molecule has 12 heavy (non-hydrogen) atoms. The van der Waals surface area contributed by atoms with Gasteiger partial charge in [0.2, 0.25) is 0 Å². The number of hydrogen-bond acceptors (Lipinski definition) is 0. The van der Waals surface area contributed by atoms with E-state index >= 15 is 0 Å². The molecule has 0 N–H and O–H groups in total. The smallest absolute Gasteiger partial charge is 0.00848 e. The van der Waals surface area contributed by atoms with Gasteiger partial charge >= 0.3 is 0 Å². The second kappa shape index (κ2) is 4.66. The fraction of sp³-hybridized carbons (Fsp3) is 0.455. The van der Waals surface area contributed by atoms with Gasteiger partial charge in [-0.2, -0.15) is 0 Å². The zero-order valence-corrected chi connectivity index (χ0v) is 9.21. The summed E-state index contributed by atoms with van der Waals surface area (Å²) in [6.07, 6.45) is 1.39. The van der Waals surface area contributed by atoms with Gasteiger partial charge in [-0.3, -0.25) is 0 Å². The summed E-state index contributed by atoms with van der Waals surface area (Å²) in [4.78, 5) is 0. The molecule has 1 aromatic carbocycles. The van der Waals surface area contributed by atoms with E-state index in [1.165, 1.54) is 12.0 Å². The average molecular weight is 227 g/mol. The van der Waals surface area contributed by atoms with E-state index in [2.05, 4.69) is 53.2 Å². The second-order valence-corrected chi connectivity index (χ2v) is 3.23. The summed E-state index contributed by atoms with van der Waals surface area (Å²) < 4.78 is 0. The second-order valence-electron chi connectivity index (χ2n) is 3.23. The van der Waals surface area contributed by atoms with Gasteiger partial charge in [-0.05, 0) is 29.7 Å². The summed E-state index contributed by atoms with van der Waals surface area (Å²) in [5, 5.41) is 0. The lowest BCUT2D eigenvalue weighted by atomic mass is 10.1. The monoisotopic (exact) mass is 226 g/mol. The first-order valence-corrected chi connectivity index (χ1v) is 5.89. The van der Waals surface area contributed by atoms with E-state index in [1.54, 1.807) is 0 Å². The summed E-state index contributed by atoms with van der Waals surface area (Å²) in [6, 6.07) is 10.8. The predicted octanol–water partition coefficient (Wildman–Crippen LogP) is 3.82. The maximum absolute atomic E-state index is 2.94. The van der Waals surface area contributed by atoms with Gasteiger partial charge in [-0.25, -0.2) is 0 Å². The molecule has 0 aliphatic heterocycles. The Morgan fingerprint density at radius 1 is 1.17 bits per heavy atom. The molecule has 2 unspecified atom stereocenters. The van der Waals surface area contributed by atoms with Crippen molar-refractivity contribution in [3.8, 4) is 0 Å². The third kappa shape index (κ3) is 2.34. The van der Waals surface area contributed by atoms with Crippen LogP contribution in [0.15, 0.2) is 30.3 Å². The van der Waals surface area contributed by atoms with Crippen molar-refractivity contribution >= 4 is 15.9 Å². The fourth-order valence-electron chi connectivity index (χ4n) is 1.49. The Labute approximate surface area is 83.1 Å². The molecular formula is C11H15Br. The summed E-state index contributed by atoms with van der Waals surface area (Å²) in [5.41, 5.74) is 1.52. The van der Waals surface area contributed by atoms with Gasteiger partial charge in [0.05, 0.1) is 0 Å². The molecule has 66 valence electrons. The van der Waals surface area contributed by atoms with E-state index < -0.39 is 0 Å². The molecule has 0 aromatic heterocycles. The predicted molar refractivity (Wildman–Crippen MR) is 57.8 cm³/mol. The van der Waals surface area contributed by atoms with Crippen LogP contribution in [0.25, 0.3) is 0 Å². The maximum Gasteiger partial charge on any atom is -0.00848 e. The van der Waals surface area contributed by atoms with E-state index in [-0.39, 0.29) is 0 Å². The molecule has 0 radical (unpaired) electrons. The van der Waals surface area contributed by atoms with Gasteiger partial charge in [0.1, 0.15) is 0 Å². The minimum Gasteiger partial charge on any atom is -0.0966 e. The standard InChI is InChI=1S/C10H12.CH3Br/c1-8-7-10(8)9-5-3-2-4-6-9;1-2/h2-6,8,10H,7H2,1H3;1H3. The molecule has 1 fully saturated rings. The molecule has 2 atom stereocenters. The van der Waals surface area contributed by atoms with Gasteiger partial charge in [0.15, 0.2) is 0 Å². The van der Waals surface area contributed by atoms with Crippen LogP contribution in [0.5, 0.6) is 0 Å². The summed E-state index contributed by atoms with van der Waals surface area (Å²) in [6.45, 7) is 2.32. The molecular weight excluding hydrogens is 212 g/mol. The van der Waals surface area contributed by atoms with Gasteiger partial charge in [0, 0.05) is 0 Å². The van der Waals surface area contributed by atoms with Crippen LogP contribution in [-0.2, 0) is 0 Å². The first kappa shape index (κ1) is 9.79. The van der Waals surface area contributed by atoms with Crippen molar-refractivity contribution in [2.45, 2.75) is 19.3 Å². The lowest BCUT2D eigenvalue weighted by Gasteiger charge is -1.94. The summed E-state index contributed by atoms with van der Waals surface area (Å²) in [5.74, 6) is 3.62. The molecule has 1 saturated carbocycles. The molecule has 0 nitrogen and oxygen atoms in total. The van der Waals surface area contributed by atoms with Crippen LogP contribution in [0.1, 0.15) is 24.8 Å². The van der Waals surface area contributed by atoms with Crippen LogP contribution in [0.3, 0.4) is 0 Å². The minimum atomic E-state index is 0.876. The van der Waals surface area contributed by atoms with Crippen molar-refractivity contribution in [2.24, 2.45) is 5.92 Å². The zero-order valence-electron chi connectivity index (χ0n) is 7.63. The maximum atomic E-state index is 2.94. The highest BCUT2D eigenvalue weighted by Crippen LogP contribution is 2.46. The number of halogens is 1. The first-order valence-electron chi connectivity index (χ1n) is 4.30. The van der Waals surface area contributed by atoms with Crippen molar-refractivity contribution in [3.05, 3.63) is 35.9 Å². The van der Waals surface area contributed by atoms with Gasteiger partial charge in [-0.1, -0.05) is 53.2 Å². The highest BCUT2D eigenvalue weighted by Gasteiger charge is 2.33. The fourth-order valence-corrected chi connectivity index (χ4v) is 1.49. The van der Waals surface area contributed by atoms with Crippen LogP contribution >= 0.6 is 15.9 Å². The molecule has 1 aliphatic rings. The summed E-state index contributed by atoms with van der Waals surface area (Å²) in [7, 11) is 0. The van der Waals surface area contributed by atoms with E-state index in [9.17, 15) is 0 Å². The Hall–Kier alpha value is -0.300. The quantitative estimate of drug-likeness (QED) is 0.640. The SMILES string of the molecule is CBr.CC1CC1c1ccccc1. The topological polar surface area (TPSA) is 0 Å². The number of rotatable bonds is 1. The van der Waals surface area contributed by atoms with E-state index in [0.29, 0.717) is 0 Å². The summed E-state index contributed by atoms with van der Waals surface area (Å²) >= 11 is 2.94. The molecule has 2 rings (SSSR count). The van der Waals surface area contributed by atoms with Crippen LogP contribution < -0.4 is 0 Å². The third-order valence-electron chi connectivity index (χ3n) is 2.34. The van der Waals surface area contributed by atoms with Crippen LogP contribution in [0.4, 0.5) is 0 Å². The lowest BCUT2D eigenvalue weighted by molar-refractivity contribution is 0.915. The Balaban J connectivity index is 0.000000336. The first-order chi connectivity index (χ1) is 5.88. The van der Waals surface area contributed by atoms with Gasteiger partial charge < -0.3 is 0 Å². The van der Waals surface area contributed by atoms with Crippen LogP contribution in [-0.4, -0.2) is 5.83 Å². The van der Waals surface area contributed by atoms with Gasteiger partial charge in [-0.15, -0.1) is 0 Å². The van der Waals surface area contributed by atoms with E-state index in [4.69, 9.17) is 0 Å².